The summed E-state index contributed by atoms with van der Waals surface area (Å²) < 4.78 is 0. The summed E-state index contributed by atoms with van der Waals surface area (Å²) in [6.45, 7) is 2.25. The number of benzene rings is 4. The first kappa shape index (κ1) is 26.0. The minimum absolute atomic E-state index is 0.306. The van der Waals surface area contributed by atoms with Gasteiger partial charge in [-0.15, -0.1) is 12.6 Å². The van der Waals surface area contributed by atoms with Gasteiger partial charge >= 0.3 is 0 Å². The monoisotopic (exact) mass is 542 g/mol. The molecule has 0 bridgehead atoms. The van der Waals surface area contributed by atoms with Crippen molar-refractivity contribution in [3.63, 3.8) is 0 Å². The van der Waals surface area contributed by atoms with Crippen molar-refractivity contribution >= 4 is 24.4 Å². The zero-order valence-corrected chi connectivity index (χ0v) is 24.1. The second-order valence-corrected chi connectivity index (χ2v) is 11.9. The Bertz CT molecular complexity index is 1560. The van der Waals surface area contributed by atoms with Crippen LogP contribution in [0.4, 0.5) is 0 Å². The normalized spacial score (nSPS) is 18.3. The van der Waals surface area contributed by atoms with Gasteiger partial charge in [-0.25, -0.2) is 0 Å². The molecule has 1 aliphatic heterocycles. The van der Waals surface area contributed by atoms with Crippen molar-refractivity contribution < 1.29 is 0 Å². The lowest BCUT2D eigenvalue weighted by Gasteiger charge is -2.45. The number of unbranched alkanes of at least 4 members (excludes halogenated alkanes) is 1. The van der Waals surface area contributed by atoms with Crippen LogP contribution in [0.1, 0.15) is 50.2 Å². The highest BCUT2D eigenvalue weighted by Gasteiger charge is 2.46. The SMILES string of the molecule is CCC/C=C\CC1(C2=C(S)C=CCC2)c2cccc(-c3ccccc3)c2Sc2cccc(-c3ccccc3)c21. The summed E-state index contributed by atoms with van der Waals surface area (Å²) in [4.78, 5) is 3.83. The predicted octanol–water partition coefficient (Wildman–Crippen LogP) is 11.1. The largest absolute Gasteiger partial charge is 0.143 e. The van der Waals surface area contributed by atoms with Gasteiger partial charge in [-0.1, -0.05) is 140 Å². The molecule has 1 aliphatic carbocycles. The Hall–Kier alpha value is -3.20. The zero-order valence-electron chi connectivity index (χ0n) is 22.4. The van der Waals surface area contributed by atoms with Crippen LogP contribution in [0.3, 0.4) is 0 Å². The maximum Gasteiger partial charge on any atom is 0.0488 e. The highest BCUT2D eigenvalue weighted by Crippen LogP contribution is 2.60. The molecule has 0 N–H and O–H groups in total. The first-order valence-corrected chi connectivity index (χ1v) is 15.3. The van der Waals surface area contributed by atoms with Gasteiger partial charge in [-0.3, -0.25) is 0 Å². The molecular formula is C37H34S2. The lowest BCUT2D eigenvalue weighted by atomic mass is 9.62. The number of fused-ring (bicyclic) bond motifs is 2. The number of rotatable bonds is 7. The van der Waals surface area contributed by atoms with Crippen LogP contribution in [0.5, 0.6) is 0 Å². The number of hydrogen-bond acceptors (Lipinski definition) is 2. The van der Waals surface area contributed by atoms with E-state index in [1.54, 1.807) is 0 Å². The Morgan fingerprint density at radius 2 is 1.49 bits per heavy atom. The van der Waals surface area contributed by atoms with E-state index < -0.39 is 0 Å². The minimum Gasteiger partial charge on any atom is -0.143 e. The lowest BCUT2D eigenvalue weighted by Crippen LogP contribution is -2.35. The van der Waals surface area contributed by atoms with E-state index in [-0.39, 0.29) is 5.41 Å². The van der Waals surface area contributed by atoms with Crippen molar-refractivity contribution in [2.24, 2.45) is 0 Å². The third-order valence-electron chi connectivity index (χ3n) is 8.02. The molecule has 0 nitrogen and oxygen atoms in total. The Morgan fingerprint density at radius 3 is 2.21 bits per heavy atom. The van der Waals surface area contributed by atoms with Crippen molar-refractivity contribution in [1.82, 2.24) is 0 Å². The van der Waals surface area contributed by atoms with Crippen molar-refractivity contribution in [3.8, 4) is 22.3 Å². The molecule has 0 spiro atoms. The smallest absolute Gasteiger partial charge is 0.0488 e. The van der Waals surface area contributed by atoms with E-state index in [2.05, 4.69) is 128 Å². The molecule has 2 heteroatoms. The summed E-state index contributed by atoms with van der Waals surface area (Å²) in [6.07, 6.45) is 14.6. The summed E-state index contributed by atoms with van der Waals surface area (Å²) in [7, 11) is 0. The fourth-order valence-electron chi connectivity index (χ4n) is 6.26. The zero-order chi connectivity index (χ0) is 26.7. The summed E-state index contributed by atoms with van der Waals surface area (Å²) in [6, 6.07) is 35.6. The van der Waals surface area contributed by atoms with Crippen molar-refractivity contribution in [2.45, 2.75) is 54.2 Å². The molecule has 0 radical (unpaired) electrons. The van der Waals surface area contributed by atoms with E-state index in [9.17, 15) is 0 Å². The van der Waals surface area contributed by atoms with Crippen LogP contribution in [-0.4, -0.2) is 0 Å². The fourth-order valence-corrected chi connectivity index (χ4v) is 8.07. The van der Waals surface area contributed by atoms with Gasteiger partial charge in [0.1, 0.15) is 0 Å². The van der Waals surface area contributed by atoms with Crippen molar-refractivity contribution in [1.29, 1.82) is 0 Å². The van der Waals surface area contributed by atoms with Gasteiger partial charge < -0.3 is 0 Å². The van der Waals surface area contributed by atoms with Crippen LogP contribution in [0.25, 0.3) is 22.3 Å². The third-order valence-corrected chi connectivity index (χ3v) is 9.64. The molecule has 0 fully saturated rings. The average molecular weight is 543 g/mol. The van der Waals surface area contributed by atoms with Crippen molar-refractivity contribution in [3.05, 3.63) is 143 Å². The highest BCUT2D eigenvalue weighted by atomic mass is 32.2. The van der Waals surface area contributed by atoms with Gasteiger partial charge in [-0.05, 0) is 70.7 Å². The molecule has 4 aromatic carbocycles. The topological polar surface area (TPSA) is 0 Å². The van der Waals surface area contributed by atoms with Crippen LogP contribution < -0.4 is 0 Å². The van der Waals surface area contributed by atoms with E-state index in [0.29, 0.717) is 0 Å². The molecule has 1 heterocycles. The molecule has 0 saturated carbocycles. The number of hydrogen-bond donors (Lipinski definition) is 1. The molecule has 39 heavy (non-hydrogen) atoms. The Morgan fingerprint density at radius 1 is 0.795 bits per heavy atom. The fraction of sp³-hybridized carbons (Fsp3) is 0.189. The van der Waals surface area contributed by atoms with E-state index in [1.165, 1.54) is 48.7 Å². The highest BCUT2D eigenvalue weighted by molar-refractivity contribution is 7.99. The third kappa shape index (κ3) is 4.75. The first-order chi connectivity index (χ1) is 19.2. The standard InChI is InChI=1S/C37H34S2/c1-2-3-4-13-26-37(31-22-11-12-24-33(31)38)32-23-14-21-30(28-18-9-6-10-19-28)36(32)39-34-25-15-20-29(35(34)37)27-16-7-5-8-17-27/h4-10,12-21,23-25,38H,2-3,11,22,26H2,1H3/b13-4-. The average Bonchev–Trinajstić information content (AvgIpc) is 2.99. The van der Waals surface area contributed by atoms with Gasteiger partial charge in [-0.2, -0.15) is 0 Å². The van der Waals surface area contributed by atoms with Crippen molar-refractivity contribution in [2.75, 3.05) is 0 Å². The van der Waals surface area contributed by atoms with E-state index in [0.717, 1.165) is 37.0 Å². The number of allylic oxidation sites excluding steroid dienone is 5. The van der Waals surface area contributed by atoms with Crippen LogP contribution in [0.15, 0.2) is 142 Å². The molecule has 0 amide bonds. The Kier molecular flexibility index (Phi) is 7.68. The van der Waals surface area contributed by atoms with Gasteiger partial charge in [0.2, 0.25) is 0 Å². The van der Waals surface area contributed by atoms with E-state index >= 15 is 0 Å². The van der Waals surface area contributed by atoms with E-state index in [4.69, 9.17) is 12.6 Å². The molecule has 2 aliphatic rings. The summed E-state index contributed by atoms with van der Waals surface area (Å²) in [5.41, 5.74) is 9.13. The lowest BCUT2D eigenvalue weighted by molar-refractivity contribution is 0.557. The minimum atomic E-state index is -0.306. The Balaban J connectivity index is 1.71. The first-order valence-electron chi connectivity index (χ1n) is 14.0. The van der Waals surface area contributed by atoms with Gasteiger partial charge in [0.25, 0.3) is 0 Å². The van der Waals surface area contributed by atoms with Gasteiger partial charge in [0.05, 0.1) is 0 Å². The molecule has 6 rings (SSSR count). The molecular weight excluding hydrogens is 509 g/mol. The molecule has 1 atom stereocenters. The molecule has 0 aromatic heterocycles. The van der Waals surface area contributed by atoms with Crippen LogP contribution >= 0.6 is 24.4 Å². The van der Waals surface area contributed by atoms with Gasteiger partial charge in [0.15, 0.2) is 0 Å². The quantitative estimate of drug-likeness (QED) is 0.179. The summed E-state index contributed by atoms with van der Waals surface area (Å²) in [5.74, 6) is 0. The predicted molar refractivity (Wildman–Crippen MR) is 172 cm³/mol. The number of thiol groups is 1. The van der Waals surface area contributed by atoms with E-state index in [1.807, 2.05) is 11.8 Å². The second kappa shape index (κ2) is 11.5. The second-order valence-electron chi connectivity index (χ2n) is 10.4. The van der Waals surface area contributed by atoms with Gasteiger partial charge in [0, 0.05) is 20.1 Å². The van der Waals surface area contributed by atoms with Crippen LogP contribution in [-0.2, 0) is 5.41 Å². The Labute approximate surface area is 243 Å². The molecule has 194 valence electrons. The summed E-state index contributed by atoms with van der Waals surface area (Å²) >= 11 is 7.08. The molecule has 1 unspecified atom stereocenters. The van der Waals surface area contributed by atoms with Crippen LogP contribution in [0.2, 0.25) is 0 Å². The maximum atomic E-state index is 5.15. The molecule has 4 aromatic rings. The van der Waals surface area contributed by atoms with Crippen LogP contribution in [0, 0.1) is 0 Å². The maximum absolute atomic E-state index is 5.15. The molecule has 0 saturated heterocycles. The summed E-state index contributed by atoms with van der Waals surface area (Å²) in [5, 5.41) is 0.